The van der Waals surface area contributed by atoms with E-state index in [1.165, 1.54) is 6.07 Å². The maximum atomic E-state index is 13.1. The van der Waals surface area contributed by atoms with E-state index >= 15 is 0 Å². The highest BCUT2D eigenvalue weighted by Crippen LogP contribution is 2.33. The van der Waals surface area contributed by atoms with Crippen LogP contribution in [0.2, 0.25) is 0 Å². The minimum atomic E-state index is -4.76. The van der Waals surface area contributed by atoms with E-state index in [2.05, 4.69) is 10.4 Å². The van der Waals surface area contributed by atoms with Crippen LogP contribution in [0.1, 0.15) is 11.1 Å². The van der Waals surface area contributed by atoms with Crippen LogP contribution < -0.4 is 10.5 Å². The second-order valence-electron chi connectivity index (χ2n) is 4.62. The highest BCUT2D eigenvalue weighted by Gasteiger charge is 2.36. The Hall–Kier alpha value is -2.45. The zero-order valence-electron chi connectivity index (χ0n) is 10.9. The third-order valence-corrected chi connectivity index (χ3v) is 3.17. The zero-order chi connectivity index (χ0) is 15.9. The third-order valence-electron chi connectivity index (χ3n) is 3.17. The molecule has 1 unspecified atom stereocenters. The quantitative estimate of drug-likeness (QED) is 0.628. The number of nitrogens with one attached hydrogen (secondary N) is 2. The molecule has 8 heteroatoms. The summed E-state index contributed by atoms with van der Waals surface area (Å²) in [7, 11) is 0. The lowest BCUT2D eigenvalue weighted by atomic mass is 10.0. The summed E-state index contributed by atoms with van der Waals surface area (Å²) in [4.78, 5) is 0. The minimum absolute atomic E-state index is 0.254. The minimum Gasteiger partial charge on any atom is -0.601 e. The van der Waals surface area contributed by atoms with Gasteiger partial charge in [-0.25, -0.2) is 9.56 Å². The van der Waals surface area contributed by atoms with Crippen LogP contribution in [-0.2, 0) is 6.18 Å². The average Bonchev–Trinajstić information content (AvgIpc) is 2.46. The summed E-state index contributed by atoms with van der Waals surface area (Å²) in [5.74, 6) is -1.27. The molecule has 3 rings (SSSR count). The van der Waals surface area contributed by atoms with Crippen molar-refractivity contribution in [1.82, 2.24) is 0 Å². The zero-order valence-corrected chi connectivity index (χ0v) is 10.9. The van der Waals surface area contributed by atoms with Crippen LogP contribution in [0.4, 0.5) is 28.9 Å². The molecule has 1 heterocycles. The van der Waals surface area contributed by atoms with Crippen molar-refractivity contribution in [2.24, 2.45) is 5.10 Å². The number of anilines is 1. The monoisotopic (exact) mass is 311 g/mol. The molecule has 1 aliphatic rings. The molecule has 0 amide bonds. The molecule has 0 spiro atoms. The SMILES string of the molecule is [O-][NH+]1N=C(c2ccc(F)cc2C(F)(F)F)Nc2ccccc21. The fourth-order valence-electron chi connectivity index (χ4n) is 2.18. The topological polar surface area (TPSA) is 51.9 Å². The molecule has 0 radical (unpaired) electrons. The molecule has 4 nitrogen and oxygen atoms in total. The van der Waals surface area contributed by atoms with Crippen LogP contribution >= 0.6 is 0 Å². The van der Waals surface area contributed by atoms with E-state index in [4.69, 9.17) is 0 Å². The Labute approximate surface area is 122 Å². The molecule has 0 fully saturated rings. The number of para-hydroxylation sites is 1. The van der Waals surface area contributed by atoms with Gasteiger partial charge in [0.1, 0.15) is 11.5 Å². The molecule has 2 aromatic rings. The van der Waals surface area contributed by atoms with Crippen LogP contribution in [-0.4, -0.2) is 5.84 Å². The summed E-state index contributed by atoms with van der Waals surface area (Å²) in [6.07, 6.45) is -4.76. The van der Waals surface area contributed by atoms with Gasteiger partial charge in [-0.15, -0.1) is 0 Å². The Kier molecular flexibility index (Phi) is 3.34. The van der Waals surface area contributed by atoms with Gasteiger partial charge in [0.15, 0.2) is 11.5 Å². The maximum absolute atomic E-state index is 13.1. The fraction of sp³-hybridized carbons (Fsp3) is 0.0714. The van der Waals surface area contributed by atoms with Gasteiger partial charge in [0.2, 0.25) is 0 Å². The first kappa shape index (κ1) is 14.5. The summed E-state index contributed by atoms with van der Waals surface area (Å²) in [5, 5.41) is 17.6. The van der Waals surface area contributed by atoms with Crippen LogP contribution in [0, 0.1) is 11.0 Å². The molecule has 0 saturated heterocycles. The molecule has 22 heavy (non-hydrogen) atoms. The summed E-state index contributed by atoms with van der Waals surface area (Å²) < 4.78 is 52.3. The van der Waals surface area contributed by atoms with Crippen LogP contribution in [0.3, 0.4) is 0 Å². The predicted molar refractivity (Wildman–Crippen MR) is 72.0 cm³/mol. The van der Waals surface area contributed by atoms with Gasteiger partial charge in [0.05, 0.1) is 5.56 Å². The molecule has 2 aromatic carbocycles. The molecule has 0 aromatic heterocycles. The summed E-state index contributed by atoms with van der Waals surface area (Å²) >= 11 is 0. The molecule has 1 aliphatic heterocycles. The first-order valence-corrected chi connectivity index (χ1v) is 6.22. The number of rotatable bonds is 1. The van der Waals surface area contributed by atoms with E-state index in [0.717, 1.165) is 12.1 Å². The van der Waals surface area contributed by atoms with Gasteiger partial charge >= 0.3 is 6.18 Å². The fourth-order valence-corrected chi connectivity index (χ4v) is 2.18. The lowest BCUT2D eigenvalue weighted by Crippen LogP contribution is -2.98. The van der Waals surface area contributed by atoms with Crippen molar-refractivity contribution in [3.05, 3.63) is 64.6 Å². The second kappa shape index (κ2) is 5.08. The number of amidine groups is 1. The van der Waals surface area contributed by atoms with Crippen molar-refractivity contribution in [2.75, 3.05) is 5.32 Å². The largest absolute Gasteiger partial charge is 0.601 e. The van der Waals surface area contributed by atoms with Crippen molar-refractivity contribution in [2.45, 2.75) is 6.18 Å². The Morgan fingerprint density at radius 1 is 1.09 bits per heavy atom. The number of nitrogens with zero attached hydrogens (tertiary/aromatic N) is 1. The highest BCUT2D eigenvalue weighted by atomic mass is 19.4. The lowest BCUT2D eigenvalue weighted by Gasteiger charge is -2.25. The van der Waals surface area contributed by atoms with Gasteiger partial charge < -0.3 is 10.5 Å². The summed E-state index contributed by atoms with van der Waals surface area (Å²) in [6.45, 7) is 0. The number of hydrogen-bond acceptors (Lipinski definition) is 3. The van der Waals surface area contributed by atoms with Crippen molar-refractivity contribution in [3.63, 3.8) is 0 Å². The van der Waals surface area contributed by atoms with E-state index in [-0.39, 0.29) is 17.1 Å². The van der Waals surface area contributed by atoms with Gasteiger partial charge in [-0.05, 0) is 24.3 Å². The third kappa shape index (κ3) is 2.53. The summed E-state index contributed by atoms with van der Waals surface area (Å²) in [5.41, 5.74) is -0.945. The van der Waals surface area contributed by atoms with Crippen molar-refractivity contribution < 1.29 is 22.7 Å². The van der Waals surface area contributed by atoms with Crippen LogP contribution in [0.15, 0.2) is 47.6 Å². The average molecular weight is 311 g/mol. The molecular formula is C14H9F4N3O. The summed E-state index contributed by atoms with van der Waals surface area (Å²) in [6, 6.07) is 8.55. The molecule has 2 N–H and O–H groups in total. The molecular weight excluding hydrogens is 302 g/mol. The Balaban J connectivity index is 2.10. The van der Waals surface area contributed by atoms with Crippen molar-refractivity contribution in [1.29, 1.82) is 0 Å². The smallest absolute Gasteiger partial charge is 0.417 e. The number of fused-ring (bicyclic) bond motifs is 1. The molecule has 114 valence electrons. The van der Waals surface area contributed by atoms with Gasteiger partial charge in [0, 0.05) is 11.6 Å². The standard InChI is InChI=1S/C14H9F4N3O/c15-8-5-6-9(10(7-8)14(16,17)18)13-19-11-3-1-2-4-12(11)21(22)20-13/h1-7,21H,(H,19,20). The molecule has 0 bridgehead atoms. The molecule has 1 atom stereocenters. The van der Waals surface area contributed by atoms with Crippen molar-refractivity contribution >= 4 is 17.2 Å². The first-order chi connectivity index (χ1) is 10.4. The molecule has 0 aliphatic carbocycles. The number of halogens is 4. The van der Waals surface area contributed by atoms with E-state index in [9.17, 15) is 22.8 Å². The van der Waals surface area contributed by atoms with Crippen LogP contribution in [0.25, 0.3) is 0 Å². The van der Waals surface area contributed by atoms with Gasteiger partial charge in [0.25, 0.3) is 0 Å². The highest BCUT2D eigenvalue weighted by molar-refractivity contribution is 6.10. The van der Waals surface area contributed by atoms with Gasteiger partial charge in [-0.1, -0.05) is 17.2 Å². The normalized spacial score (nSPS) is 17.5. The van der Waals surface area contributed by atoms with Crippen LogP contribution in [0.5, 0.6) is 0 Å². The number of benzene rings is 2. The Bertz CT molecular complexity index is 758. The first-order valence-electron chi connectivity index (χ1n) is 6.22. The molecule has 0 saturated carbocycles. The number of hydrogen-bond donors (Lipinski definition) is 2. The van der Waals surface area contributed by atoms with Gasteiger partial charge in [-0.2, -0.15) is 13.2 Å². The number of alkyl halides is 3. The van der Waals surface area contributed by atoms with E-state index in [0.29, 0.717) is 11.8 Å². The predicted octanol–water partition coefficient (Wildman–Crippen LogP) is 2.65. The Morgan fingerprint density at radius 2 is 1.82 bits per heavy atom. The Morgan fingerprint density at radius 3 is 2.55 bits per heavy atom. The number of quaternary nitrogens is 1. The maximum Gasteiger partial charge on any atom is 0.417 e. The van der Waals surface area contributed by atoms with Crippen molar-refractivity contribution in [3.8, 4) is 0 Å². The lowest BCUT2D eigenvalue weighted by molar-refractivity contribution is -0.783. The van der Waals surface area contributed by atoms with E-state index < -0.39 is 22.7 Å². The van der Waals surface area contributed by atoms with E-state index in [1.807, 2.05) is 0 Å². The van der Waals surface area contributed by atoms with Gasteiger partial charge in [-0.3, -0.25) is 0 Å². The van der Waals surface area contributed by atoms with E-state index in [1.54, 1.807) is 18.2 Å². The second-order valence-corrected chi connectivity index (χ2v) is 4.62.